The first-order chi connectivity index (χ1) is 7.51. The van der Waals surface area contributed by atoms with Gasteiger partial charge in [0.1, 0.15) is 24.4 Å². The zero-order valence-corrected chi connectivity index (χ0v) is 8.91. The Morgan fingerprint density at radius 2 is 1.88 bits per heavy atom. The van der Waals surface area contributed by atoms with Gasteiger partial charge in [0.25, 0.3) is 0 Å². The number of hydrogen-bond acceptors (Lipinski definition) is 6. The van der Waals surface area contributed by atoms with Gasteiger partial charge in [0.05, 0.1) is 6.61 Å². The Bertz CT molecular complexity index is 246. The summed E-state index contributed by atoms with van der Waals surface area (Å²) in [5.74, 6) is -0.357. The van der Waals surface area contributed by atoms with E-state index in [1.165, 1.54) is 0 Å². The molecule has 1 fully saturated rings. The molecular weight excluding hydrogens is 218 g/mol. The third-order valence-electron chi connectivity index (χ3n) is 2.52. The van der Waals surface area contributed by atoms with Crippen molar-refractivity contribution in [2.45, 2.75) is 44.0 Å². The van der Waals surface area contributed by atoms with Gasteiger partial charge in [-0.2, -0.15) is 0 Å². The molecule has 0 unspecified atom stereocenters. The first-order valence-corrected chi connectivity index (χ1v) is 5.11. The lowest BCUT2D eigenvalue weighted by Gasteiger charge is -2.40. The second-order valence-corrected chi connectivity index (χ2v) is 3.67. The topological polar surface area (TPSA) is 119 Å². The van der Waals surface area contributed by atoms with E-state index in [0.717, 1.165) is 0 Å². The molecule has 0 saturated carbocycles. The van der Waals surface area contributed by atoms with Crippen molar-refractivity contribution in [1.82, 2.24) is 5.32 Å². The van der Waals surface area contributed by atoms with E-state index in [1.54, 1.807) is 6.92 Å². The second kappa shape index (κ2) is 5.55. The smallest absolute Gasteiger partial charge is 0.221 e. The second-order valence-electron chi connectivity index (χ2n) is 3.67. The number of rotatable bonds is 3. The Balaban J connectivity index is 2.67. The number of nitrogens with one attached hydrogen (secondary N) is 1. The highest BCUT2D eigenvalue weighted by atomic mass is 16.6. The molecular formula is C9H17NO6. The molecule has 0 aromatic heterocycles. The van der Waals surface area contributed by atoms with Crippen molar-refractivity contribution >= 4 is 5.91 Å². The van der Waals surface area contributed by atoms with E-state index in [0.29, 0.717) is 0 Å². The largest absolute Gasteiger partial charge is 0.394 e. The van der Waals surface area contributed by atoms with Crippen LogP contribution in [0.1, 0.15) is 13.3 Å². The molecule has 0 spiro atoms. The van der Waals surface area contributed by atoms with Crippen LogP contribution in [0, 0.1) is 0 Å². The van der Waals surface area contributed by atoms with E-state index < -0.39 is 37.3 Å². The number of amides is 1. The van der Waals surface area contributed by atoms with Crippen LogP contribution in [0.2, 0.25) is 0 Å². The predicted molar refractivity (Wildman–Crippen MR) is 52.2 cm³/mol. The predicted octanol–water partition coefficient (Wildman–Crippen LogP) is -2.69. The van der Waals surface area contributed by atoms with Gasteiger partial charge in [-0.1, -0.05) is 6.92 Å². The van der Waals surface area contributed by atoms with Gasteiger partial charge in [0.15, 0.2) is 6.23 Å². The van der Waals surface area contributed by atoms with Gasteiger partial charge in [-0.15, -0.1) is 0 Å². The summed E-state index contributed by atoms with van der Waals surface area (Å²) in [5.41, 5.74) is 0. The number of ether oxygens (including phenoxy) is 1. The maximum atomic E-state index is 11.1. The van der Waals surface area contributed by atoms with Gasteiger partial charge in [-0.05, 0) is 0 Å². The molecule has 0 bridgehead atoms. The summed E-state index contributed by atoms with van der Waals surface area (Å²) >= 11 is 0. The molecule has 5 atom stereocenters. The summed E-state index contributed by atoms with van der Waals surface area (Å²) in [7, 11) is 0. The van der Waals surface area contributed by atoms with Crippen LogP contribution in [0.15, 0.2) is 0 Å². The highest BCUT2D eigenvalue weighted by Crippen LogP contribution is 2.19. The van der Waals surface area contributed by atoms with Crippen LogP contribution >= 0.6 is 0 Å². The van der Waals surface area contributed by atoms with E-state index in [2.05, 4.69) is 5.32 Å². The van der Waals surface area contributed by atoms with Gasteiger partial charge >= 0.3 is 0 Å². The Morgan fingerprint density at radius 1 is 1.25 bits per heavy atom. The third-order valence-corrected chi connectivity index (χ3v) is 2.52. The van der Waals surface area contributed by atoms with Crippen LogP contribution in [0.3, 0.4) is 0 Å². The first kappa shape index (κ1) is 13.3. The molecule has 1 saturated heterocycles. The minimum absolute atomic E-state index is 0.203. The zero-order chi connectivity index (χ0) is 12.3. The fourth-order valence-corrected chi connectivity index (χ4v) is 1.48. The molecule has 94 valence electrons. The van der Waals surface area contributed by atoms with Crippen molar-refractivity contribution in [3.8, 4) is 0 Å². The summed E-state index contributed by atoms with van der Waals surface area (Å²) < 4.78 is 5.06. The summed E-state index contributed by atoms with van der Waals surface area (Å²) in [5, 5.41) is 39.6. The fraction of sp³-hybridized carbons (Fsp3) is 0.889. The molecule has 0 aromatic rings. The number of hydrogen-bond donors (Lipinski definition) is 5. The lowest BCUT2D eigenvalue weighted by Crippen LogP contribution is -2.63. The van der Waals surface area contributed by atoms with Crippen LogP contribution in [-0.4, -0.2) is 63.6 Å². The Hall–Kier alpha value is -0.730. The van der Waals surface area contributed by atoms with Crippen LogP contribution in [0.4, 0.5) is 0 Å². The van der Waals surface area contributed by atoms with Crippen LogP contribution in [0.25, 0.3) is 0 Å². The lowest BCUT2D eigenvalue weighted by atomic mass is 9.98. The van der Waals surface area contributed by atoms with Crippen molar-refractivity contribution in [3.63, 3.8) is 0 Å². The third kappa shape index (κ3) is 2.69. The van der Waals surface area contributed by atoms with Crippen molar-refractivity contribution in [2.24, 2.45) is 0 Å². The van der Waals surface area contributed by atoms with Gasteiger partial charge in [0, 0.05) is 6.42 Å². The monoisotopic (exact) mass is 235 g/mol. The normalized spacial score (nSPS) is 39.4. The zero-order valence-electron chi connectivity index (χ0n) is 8.91. The molecule has 7 nitrogen and oxygen atoms in total. The van der Waals surface area contributed by atoms with Gasteiger partial charge < -0.3 is 30.5 Å². The standard InChI is InChI=1S/C9H17NO6/c1-2-5(12)10-9-8(15)7(14)6(13)4(3-11)16-9/h4,6-9,11,13-15H,2-3H2,1H3,(H,10,12)/t4-,6-,7+,8-,9+/m1/s1. The Kier molecular flexibility index (Phi) is 4.63. The average Bonchev–Trinajstić information content (AvgIpc) is 2.29. The maximum Gasteiger partial charge on any atom is 0.221 e. The maximum absolute atomic E-state index is 11.1. The molecule has 7 heteroatoms. The van der Waals surface area contributed by atoms with Crippen LogP contribution in [0.5, 0.6) is 0 Å². The van der Waals surface area contributed by atoms with Gasteiger partial charge in [-0.3, -0.25) is 4.79 Å². The molecule has 1 heterocycles. The Labute approximate surface area is 92.7 Å². The number of aliphatic hydroxyl groups excluding tert-OH is 4. The molecule has 0 aromatic carbocycles. The number of carbonyl (C=O) groups excluding carboxylic acids is 1. The quantitative estimate of drug-likeness (QED) is 0.363. The SMILES string of the molecule is CCC(=O)N[C@H]1O[C@H](CO)[C@@H](O)[C@H](O)[C@H]1O. The van der Waals surface area contributed by atoms with E-state index in [4.69, 9.17) is 9.84 Å². The lowest BCUT2D eigenvalue weighted by molar-refractivity contribution is -0.235. The molecule has 1 rings (SSSR count). The minimum atomic E-state index is -1.46. The first-order valence-electron chi connectivity index (χ1n) is 5.11. The molecule has 1 amide bonds. The van der Waals surface area contributed by atoms with E-state index in [1.807, 2.05) is 0 Å². The van der Waals surface area contributed by atoms with Crippen molar-refractivity contribution < 1.29 is 30.0 Å². The number of aliphatic hydroxyl groups is 4. The molecule has 0 radical (unpaired) electrons. The fourth-order valence-electron chi connectivity index (χ4n) is 1.48. The van der Waals surface area contributed by atoms with Gasteiger partial charge in [0.2, 0.25) is 5.91 Å². The van der Waals surface area contributed by atoms with Crippen LogP contribution < -0.4 is 5.32 Å². The molecule has 0 aliphatic carbocycles. The van der Waals surface area contributed by atoms with E-state index >= 15 is 0 Å². The molecule has 1 aliphatic rings. The van der Waals surface area contributed by atoms with Crippen molar-refractivity contribution in [2.75, 3.05) is 6.61 Å². The van der Waals surface area contributed by atoms with E-state index in [-0.39, 0.29) is 12.3 Å². The molecule has 5 N–H and O–H groups in total. The van der Waals surface area contributed by atoms with Crippen molar-refractivity contribution in [1.29, 1.82) is 0 Å². The van der Waals surface area contributed by atoms with Gasteiger partial charge in [-0.25, -0.2) is 0 Å². The van der Waals surface area contributed by atoms with Crippen LogP contribution in [-0.2, 0) is 9.53 Å². The summed E-state index contributed by atoms with van der Waals surface area (Å²) in [4.78, 5) is 11.1. The highest BCUT2D eigenvalue weighted by molar-refractivity contribution is 5.75. The number of carbonyl (C=O) groups is 1. The summed E-state index contributed by atoms with van der Waals surface area (Å²) in [6.45, 7) is 1.11. The molecule has 16 heavy (non-hydrogen) atoms. The minimum Gasteiger partial charge on any atom is -0.394 e. The van der Waals surface area contributed by atoms with Crippen molar-refractivity contribution in [3.05, 3.63) is 0 Å². The average molecular weight is 235 g/mol. The Morgan fingerprint density at radius 3 is 2.38 bits per heavy atom. The van der Waals surface area contributed by atoms with E-state index in [9.17, 15) is 20.1 Å². The highest BCUT2D eigenvalue weighted by Gasteiger charge is 2.43. The summed E-state index contributed by atoms with van der Waals surface area (Å²) in [6, 6.07) is 0. The molecule has 1 aliphatic heterocycles. The summed E-state index contributed by atoms with van der Waals surface area (Å²) in [6.07, 6.45) is -6.21.